The number of rotatable bonds is 7. The number of benzene rings is 3. The predicted molar refractivity (Wildman–Crippen MR) is 131 cm³/mol. The molecule has 0 aliphatic rings. The Morgan fingerprint density at radius 1 is 1.06 bits per heavy atom. The van der Waals surface area contributed by atoms with Crippen molar-refractivity contribution in [3.63, 3.8) is 0 Å². The Labute approximate surface area is 198 Å². The molecule has 10 heteroatoms. The molecule has 5 rings (SSSR count). The van der Waals surface area contributed by atoms with Gasteiger partial charge in [0, 0.05) is 29.2 Å². The zero-order chi connectivity index (χ0) is 23.7. The number of halogens is 1. The molecule has 3 aromatic carbocycles. The first-order valence-electron chi connectivity index (χ1n) is 10.4. The van der Waals surface area contributed by atoms with Crippen LogP contribution in [0.2, 0.25) is 0 Å². The highest BCUT2D eigenvalue weighted by atomic mass is 32.2. The lowest BCUT2D eigenvalue weighted by Crippen LogP contribution is -2.25. The van der Waals surface area contributed by atoms with Crippen LogP contribution in [-0.4, -0.2) is 30.8 Å². The molecule has 5 aromatic rings. The fraction of sp³-hybridized carbons (Fsp3) is 0.0833. The summed E-state index contributed by atoms with van der Waals surface area (Å²) in [6.07, 6.45) is 2.36. The summed E-state index contributed by atoms with van der Waals surface area (Å²) >= 11 is 1.15. The van der Waals surface area contributed by atoms with E-state index in [1.165, 1.54) is 24.3 Å². The van der Waals surface area contributed by atoms with E-state index < -0.39 is 10.0 Å². The Kier molecular flexibility index (Phi) is 5.76. The molecular formula is C24H19FN4O3S2. The van der Waals surface area contributed by atoms with E-state index in [1.807, 2.05) is 6.20 Å². The lowest BCUT2D eigenvalue weighted by Gasteiger charge is -2.05. The molecule has 2 aromatic heterocycles. The van der Waals surface area contributed by atoms with Crippen LogP contribution < -0.4 is 10.0 Å². The normalized spacial score (nSPS) is 11.7. The number of anilines is 1. The fourth-order valence-electron chi connectivity index (χ4n) is 3.65. The number of H-pyrrole nitrogens is 1. The van der Waals surface area contributed by atoms with E-state index >= 15 is 0 Å². The number of aromatic nitrogens is 2. The number of fused-ring (bicyclic) bond motifs is 2. The van der Waals surface area contributed by atoms with Crippen molar-refractivity contribution in [2.24, 2.45) is 0 Å². The SMILES string of the molecule is O=C(NCCc1c[nH]c2ccc(F)cc12)c1ccc2nc(NS(=O)(=O)c3ccccc3)sc2c1. The highest BCUT2D eigenvalue weighted by Gasteiger charge is 2.17. The maximum Gasteiger partial charge on any atom is 0.263 e. The summed E-state index contributed by atoms with van der Waals surface area (Å²) in [6.45, 7) is 0.380. The van der Waals surface area contributed by atoms with Crippen molar-refractivity contribution in [1.29, 1.82) is 0 Å². The van der Waals surface area contributed by atoms with Gasteiger partial charge >= 0.3 is 0 Å². The van der Waals surface area contributed by atoms with E-state index in [2.05, 4.69) is 20.0 Å². The number of amides is 1. The molecule has 2 heterocycles. The number of carbonyl (C=O) groups excluding carboxylic acids is 1. The fourth-order valence-corrected chi connectivity index (χ4v) is 5.81. The Balaban J connectivity index is 1.26. The van der Waals surface area contributed by atoms with Gasteiger partial charge in [-0.1, -0.05) is 29.5 Å². The second kappa shape index (κ2) is 8.88. The first kappa shape index (κ1) is 22.1. The first-order valence-corrected chi connectivity index (χ1v) is 12.7. The summed E-state index contributed by atoms with van der Waals surface area (Å²) in [7, 11) is -3.75. The molecule has 7 nitrogen and oxygen atoms in total. The molecule has 0 aliphatic heterocycles. The molecule has 34 heavy (non-hydrogen) atoms. The topological polar surface area (TPSA) is 104 Å². The van der Waals surface area contributed by atoms with Gasteiger partial charge in [-0.2, -0.15) is 0 Å². The maximum absolute atomic E-state index is 13.5. The minimum absolute atomic E-state index is 0.146. The van der Waals surface area contributed by atoms with Crippen molar-refractivity contribution in [2.45, 2.75) is 11.3 Å². The second-order valence-electron chi connectivity index (χ2n) is 7.63. The van der Waals surface area contributed by atoms with Gasteiger partial charge < -0.3 is 10.3 Å². The summed E-state index contributed by atoms with van der Waals surface area (Å²) in [5.41, 5.74) is 2.80. The van der Waals surface area contributed by atoms with Crippen molar-refractivity contribution >= 4 is 53.5 Å². The maximum atomic E-state index is 13.5. The van der Waals surface area contributed by atoms with E-state index in [4.69, 9.17) is 0 Å². The van der Waals surface area contributed by atoms with E-state index in [-0.39, 0.29) is 21.8 Å². The Morgan fingerprint density at radius 2 is 1.88 bits per heavy atom. The first-order chi connectivity index (χ1) is 16.4. The number of nitrogens with zero attached hydrogens (tertiary/aromatic N) is 1. The average Bonchev–Trinajstić information content (AvgIpc) is 3.41. The Morgan fingerprint density at radius 3 is 2.71 bits per heavy atom. The number of aromatic amines is 1. The van der Waals surface area contributed by atoms with Crippen LogP contribution in [-0.2, 0) is 16.4 Å². The third-order valence-electron chi connectivity index (χ3n) is 5.34. The molecule has 0 saturated heterocycles. The van der Waals surface area contributed by atoms with Gasteiger partial charge in [-0.15, -0.1) is 0 Å². The van der Waals surface area contributed by atoms with E-state index in [0.717, 1.165) is 27.8 Å². The van der Waals surface area contributed by atoms with Gasteiger partial charge in [0.1, 0.15) is 5.82 Å². The minimum atomic E-state index is -3.75. The monoisotopic (exact) mass is 494 g/mol. The highest BCUT2D eigenvalue weighted by molar-refractivity contribution is 7.93. The third kappa shape index (κ3) is 4.50. The van der Waals surface area contributed by atoms with Gasteiger partial charge in [-0.3, -0.25) is 9.52 Å². The molecule has 0 saturated carbocycles. The van der Waals surface area contributed by atoms with Gasteiger partial charge in [0.25, 0.3) is 15.9 Å². The van der Waals surface area contributed by atoms with Crippen LogP contribution in [0.15, 0.2) is 77.8 Å². The third-order valence-corrected chi connectivity index (χ3v) is 7.75. The van der Waals surface area contributed by atoms with Gasteiger partial charge in [-0.05, 0) is 60.5 Å². The van der Waals surface area contributed by atoms with Gasteiger partial charge in [-0.25, -0.2) is 17.8 Å². The van der Waals surface area contributed by atoms with Crippen molar-refractivity contribution in [3.05, 3.63) is 89.9 Å². The van der Waals surface area contributed by atoms with Crippen LogP contribution in [0.5, 0.6) is 0 Å². The van der Waals surface area contributed by atoms with Crippen molar-refractivity contribution < 1.29 is 17.6 Å². The van der Waals surface area contributed by atoms with Crippen LogP contribution in [0.4, 0.5) is 9.52 Å². The predicted octanol–water partition coefficient (Wildman–Crippen LogP) is 4.69. The number of nitrogens with one attached hydrogen (secondary N) is 3. The quantitative estimate of drug-likeness (QED) is 0.305. The van der Waals surface area contributed by atoms with E-state index in [0.29, 0.717) is 28.7 Å². The summed E-state index contributed by atoms with van der Waals surface area (Å²) in [4.78, 5) is 20.2. The summed E-state index contributed by atoms with van der Waals surface area (Å²) in [5, 5.41) is 3.90. The zero-order valence-corrected chi connectivity index (χ0v) is 19.3. The molecule has 0 fully saturated rings. The average molecular weight is 495 g/mol. The van der Waals surface area contributed by atoms with Crippen LogP contribution in [0.3, 0.4) is 0 Å². The molecule has 172 valence electrons. The lowest BCUT2D eigenvalue weighted by molar-refractivity contribution is 0.0954. The van der Waals surface area contributed by atoms with Gasteiger partial charge in [0.05, 0.1) is 15.1 Å². The number of sulfonamides is 1. The molecule has 0 radical (unpaired) electrons. The van der Waals surface area contributed by atoms with Crippen LogP contribution in [0, 0.1) is 5.82 Å². The molecular weight excluding hydrogens is 475 g/mol. The van der Waals surface area contributed by atoms with Crippen LogP contribution in [0.25, 0.3) is 21.1 Å². The van der Waals surface area contributed by atoms with E-state index in [9.17, 15) is 17.6 Å². The Hall–Kier alpha value is -3.76. The van der Waals surface area contributed by atoms with Crippen molar-refractivity contribution in [1.82, 2.24) is 15.3 Å². The van der Waals surface area contributed by atoms with E-state index in [1.54, 1.807) is 42.5 Å². The van der Waals surface area contributed by atoms with Crippen molar-refractivity contribution in [3.8, 4) is 0 Å². The van der Waals surface area contributed by atoms with Crippen LogP contribution in [0.1, 0.15) is 15.9 Å². The Bertz CT molecular complexity index is 1610. The van der Waals surface area contributed by atoms with Gasteiger partial charge in [0.15, 0.2) is 5.13 Å². The summed E-state index contributed by atoms with van der Waals surface area (Å²) < 4.78 is 41.8. The number of hydrogen-bond acceptors (Lipinski definition) is 5. The zero-order valence-electron chi connectivity index (χ0n) is 17.7. The molecule has 0 spiro atoms. The molecule has 0 unspecified atom stereocenters. The molecule has 0 aliphatic carbocycles. The largest absolute Gasteiger partial charge is 0.361 e. The lowest BCUT2D eigenvalue weighted by atomic mass is 10.1. The molecule has 0 atom stereocenters. The summed E-state index contributed by atoms with van der Waals surface area (Å²) in [5.74, 6) is -0.562. The smallest absolute Gasteiger partial charge is 0.263 e. The number of thiazole rings is 1. The molecule has 3 N–H and O–H groups in total. The minimum Gasteiger partial charge on any atom is -0.361 e. The highest BCUT2D eigenvalue weighted by Crippen LogP contribution is 2.28. The van der Waals surface area contributed by atoms with Crippen molar-refractivity contribution in [2.75, 3.05) is 11.3 Å². The molecule has 1 amide bonds. The second-order valence-corrected chi connectivity index (χ2v) is 10.3. The standard InChI is InChI=1S/C24H19FN4O3S2/c25-17-7-9-20-19(13-17)16(14-27-20)10-11-26-23(30)15-6-8-21-22(12-15)33-24(28-21)29-34(31,32)18-4-2-1-3-5-18/h1-9,12-14,27H,10-11H2,(H,26,30)(H,28,29). The number of hydrogen-bond donors (Lipinski definition) is 3. The molecule has 0 bridgehead atoms. The number of carbonyl (C=O) groups is 1. The summed E-state index contributed by atoms with van der Waals surface area (Å²) in [6, 6.07) is 17.6. The van der Waals surface area contributed by atoms with Crippen LogP contribution >= 0.6 is 11.3 Å². The van der Waals surface area contributed by atoms with Gasteiger partial charge in [0.2, 0.25) is 0 Å².